The number of hydrogen-bond donors (Lipinski definition) is 1. The van der Waals surface area contributed by atoms with Crippen LogP contribution < -0.4 is 5.73 Å². The van der Waals surface area contributed by atoms with Gasteiger partial charge in [0.25, 0.3) is 0 Å². The summed E-state index contributed by atoms with van der Waals surface area (Å²) in [4.78, 5) is 7.10. The van der Waals surface area contributed by atoms with Crippen molar-refractivity contribution in [2.75, 3.05) is 19.6 Å². The van der Waals surface area contributed by atoms with Gasteiger partial charge < -0.3 is 10.3 Å². The van der Waals surface area contributed by atoms with Gasteiger partial charge >= 0.3 is 0 Å². The highest BCUT2D eigenvalue weighted by molar-refractivity contribution is 4.97. The fraction of sp³-hybridized carbons (Fsp3) is 0.812. The van der Waals surface area contributed by atoms with Gasteiger partial charge in [0.1, 0.15) is 5.82 Å². The molecule has 0 aromatic carbocycles. The third-order valence-electron chi connectivity index (χ3n) is 4.85. The molecule has 1 fully saturated rings. The van der Waals surface area contributed by atoms with Crippen LogP contribution in [0.5, 0.6) is 0 Å². The Kier molecular flexibility index (Phi) is 5.61. The maximum absolute atomic E-state index is 6.19. The molecule has 0 unspecified atom stereocenters. The summed E-state index contributed by atoms with van der Waals surface area (Å²) in [6.07, 6.45) is 12.7. The Labute approximate surface area is 123 Å². The van der Waals surface area contributed by atoms with E-state index in [0.717, 1.165) is 26.1 Å². The average molecular weight is 278 g/mol. The van der Waals surface area contributed by atoms with Crippen LogP contribution >= 0.6 is 0 Å². The summed E-state index contributed by atoms with van der Waals surface area (Å²) in [6.45, 7) is 5.30. The second-order valence-corrected chi connectivity index (χ2v) is 6.18. The Bertz CT molecular complexity index is 393. The van der Waals surface area contributed by atoms with Gasteiger partial charge in [-0.15, -0.1) is 0 Å². The number of imidazole rings is 1. The molecule has 0 aliphatic heterocycles. The zero-order valence-electron chi connectivity index (χ0n) is 13.1. The Morgan fingerprint density at radius 2 is 2.05 bits per heavy atom. The minimum atomic E-state index is 0.249. The summed E-state index contributed by atoms with van der Waals surface area (Å²) in [5.74, 6) is 1.18. The summed E-state index contributed by atoms with van der Waals surface area (Å²) in [5, 5.41) is 0. The molecular weight excluding hydrogens is 248 g/mol. The Hall–Kier alpha value is -0.870. The molecule has 0 bridgehead atoms. The minimum Gasteiger partial charge on any atom is -0.338 e. The van der Waals surface area contributed by atoms with E-state index in [-0.39, 0.29) is 5.54 Å². The SMILES string of the molecule is CCCN(CCc1nccn1C)C1(CN)CCCCC1. The van der Waals surface area contributed by atoms with Crippen molar-refractivity contribution in [2.45, 2.75) is 57.4 Å². The van der Waals surface area contributed by atoms with E-state index in [9.17, 15) is 0 Å². The molecule has 20 heavy (non-hydrogen) atoms. The highest BCUT2D eigenvalue weighted by Gasteiger charge is 2.36. The minimum absolute atomic E-state index is 0.249. The Morgan fingerprint density at radius 1 is 1.30 bits per heavy atom. The van der Waals surface area contributed by atoms with Crippen molar-refractivity contribution in [2.24, 2.45) is 12.8 Å². The quantitative estimate of drug-likeness (QED) is 0.833. The highest BCUT2D eigenvalue weighted by atomic mass is 15.2. The van der Waals surface area contributed by atoms with Crippen molar-refractivity contribution >= 4 is 0 Å². The van der Waals surface area contributed by atoms with Crippen molar-refractivity contribution in [1.29, 1.82) is 0 Å². The molecular formula is C16H30N4. The number of nitrogens with zero attached hydrogens (tertiary/aromatic N) is 3. The summed E-state index contributed by atoms with van der Waals surface area (Å²) in [7, 11) is 2.08. The van der Waals surface area contributed by atoms with E-state index in [0.29, 0.717) is 0 Å². The lowest BCUT2D eigenvalue weighted by atomic mass is 9.80. The Morgan fingerprint density at radius 3 is 2.60 bits per heavy atom. The van der Waals surface area contributed by atoms with E-state index >= 15 is 0 Å². The number of nitrogens with two attached hydrogens (primary N) is 1. The summed E-state index contributed by atoms with van der Waals surface area (Å²) in [5.41, 5.74) is 6.44. The van der Waals surface area contributed by atoms with Gasteiger partial charge in [0.15, 0.2) is 0 Å². The van der Waals surface area contributed by atoms with Crippen LogP contribution in [-0.4, -0.2) is 39.6 Å². The van der Waals surface area contributed by atoms with E-state index in [1.165, 1.54) is 44.3 Å². The van der Waals surface area contributed by atoms with Crippen LogP contribution in [0.15, 0.2) is 12.4 Å². The van der Waals surface area contributed by atoms with Crippen LogP contribution in [0.2, 0.25) is 0 Å². The van der Waals surface area contributed by atoms with E-state index in [1.807, 2.05) is 12.4 Å². The van der Waals surface area contributed by atoms with Gasteiger partial charge in [-0.05, 0) is 25.8 Å². The molecule has 2 N–H and O–H groups in total. The molecule has 1 heterocycles. The predicted molar refractivity (Wildman–Crippen MR) is 83.6 cm³/mol. The molecule has 0 amide bonds. The molecule has 4 heteroatoms. The van der Waals surface area contributed by atoms with Gasteiger partial charge in [-0.1, -0.05) is 26.2 Å². The molecule has 1 aliphatic carbocycles. The first-order valence-electron chi connectivity index (χ1n) is 8.13. The first-order chi connectivity index (χ1) is 9.72. The van der Waals surface area contributed by atoms with Crippen molar-refractivity contribution in [3.05, 3.63) is 18.2 Å². The number of hydrogen-bond acceptors (Lipinski definition) is 3. The third kappa shape index (κ3) is 3.41. The normalized spacial score (nSPS) is 18.6. The molecule has 4 nitrogen and oxygen atoms in total. The fourth-order valence-corrected chi connectivity index (χ4v) is 3.59. The standard InChI is InChI=1S/C16H30N4/c1-3-11-20(12-7-15-18-10-13-19(15)2)16(14-17)8-5-4-6-9-16/h10,13H,3-9,11-12,14,17H2,1-2H3. The molecule has 0 atom stereocenters. The van der Waals surface area contributed by atoms with Crippen molar-refractivity contribution in [3.63, 3.8) is 0 Å². The first kappa shape index (κ1) is 15.5. The van der Waals surface area contributed by atoms with Crippen molar-refractivity contribution in [1.82, 2.24) is 14.5 Å². The second kappa shape index (κ2) is 7.23. The average Bonchev–Trinajstić information content (AvgIpc) is 2.89. The van der Waals surface area contributed by atoms with Crippen LogP contribution in [-0.2, 0) is 13.5 Å². The summed E-state index contributed by atoms with van der Waals surface area (Å²) >= 11 is 0. The van der Waals surface area contributed by atoms with E-state index in [4.69, 9.17) is 5.73 Å². The molecule has 0 spiro atoms. The highest BCUT2D eigenvalue weighted by Crippen LogP contribution is 2.33. The predicted octanol–water partition coefficient (Wildman–Crippen LogP) is 2.34. The largest absolute Gasteiger partial charge is 0.338 e. The van der Waals surface area contributed by atoms with Crippen LogP contribution in [0.25, 0.3) is 0 Å². The smallest absolute Gasteiger partial charge is 0.109 e. The molecule has 0 radical (unpaired) electrons. The summed E-state index contributed by atoms with van der Waals surface area (Å²) < 4.78 is 2.13. The second-order valence-electron chi connectivity index (χ2n) is 6.18. The topological polar surface area (TPSA) is 47.1 Å². The van der Waals surface area contributed by atoms with Crippen LogP contribution in [0.3, 0.4) is 0 Å². The van der Waals surface area contributed by atoms with Gasteiger partial charge in [-0.2, -0.15) is 0 Å². The molecule has 1 aromatic heterocycles. The molecule has 114 valence electrons. The summed E-state index contributed by atoms with van der Waals surface area (Å²) in [6, 6.07) is 0. The molecule has 0 saturated heterocycles. The third-order valence-corrected chi connectivity index (χ3v) is 4.85. The van der Waals surface area contributed by atoms with Crippen molar-refractivity contribution in [3.8, 4) is 0 Å². The van der Waals surface area contributed by atoms with Crippen LogP contribution in [0.1, 0.15) is 51.3 Å². The molecule has 1 aromatic rings. The zero-order valence-corrected chi connectivity index (χ0v) is 13.1. The van der Waals surface area contributed by atoms with Gasteiger partial charge in [-0.25, -0.2) is 4.98 Å². The first-order valence-corrected chi connectivity index (χ1v) is 8.13. The van der Waals surface area contributed by atoms with E-state index in [1.54, 1.807) is 0 Å². The maximum Gasteiger partial charge on any atom is 0.109 e. The van der Waals surface area contributed by atoms with E-state index in [2.05, 4.69) is 28.4 Å². The molecule has 1 saturated carbocycles. The van der Waals surface area contributed by atoms with Crippen LogP contribution in [0.4, 0.5) is 0 Å². The number of rotatable bonds is 7. The van der Waals surface area contributed by atoms with Gasteiger partial charge in [0, 0.05) is 44.5 Å². The lowest BCUT2D eigenvalue weighted by Crippen LogP contribution is -2.55. The molecule has 1 aliphatic rings. The van der Waals surface area contributed by atoms with Gasteiger partial charge in [-0.3, -0.25) is 4.90 Å². The monoisotopic (exact) mass is 278 g/mol. The lowest BCUT2D eigenvalue weighted by Gasteiger charge is -2.46. The zero-order chi connectivity index (χ0) is 14.4. The van der Waals surface area contributed by atoms with E-state index < -0.39 is 0 Å². The van der Waals surface area contributed by atoms with Gasteiger partial charge in [0.2, 0.25) is 0 Å². The molecule has 2 rings (SSSR count). The lowest BCUT2D eigenvalue weighted by molar-refractivity contribution is 0.0571. The maximum atomic E-state index is 6.19. The Balaban J connectivity index is 2.03. The van der Waals surface area contributed by atoms with Gasteiger partial charge in [0.05, 0.1) is 0 Å². The number of aryl methyl sites for hydroxylation is 1. The fourth-order valence-electron chi connectivity index (χ4n) is 3.59. The van der Waals surface area contributed by atoms with Crippen LogP contribution in [0, 0.1) is 0 Å². The number of aromatic nitrogens is 2. The van der Waals surface area contributed by atoms with Crippen molar-refractivity contribution < 1.29 is 0 Å².